The van der Waals surface area contributed by atoms with E-state index in [-0.39, 0.29) is 0 Å². The maximum absolute atomic E-state index is 5.05. The molecule has 0 aliphatic carbocycles. The molecule has 7 heavy (non-hydrogen) atoms. The first-order valence-electron chi connectivity index (χ1n) is 2.19. The van der Waals surface area contributed by atoms with Crippen LogP contribution in [0.3, 0.4) is 0 Å². The minimum Gasteiger partial charge on any atom is -0.318 e. The molecule has 0 aromatic heterocycles. The second-order valence-electron chi connectivity index (χ2n) is 1.34. The van der Waals surface area contributed by atoms with E-state index in [1.165, 1.54) is 0 Å². The van der Waals surface area contributed by atoms with Crippen molar-refractivity contribution >= 4 is 0 Å². The molecular formula is C3H12N4. The molecular weight excluding hydrogens is 92.1 g/mol. The van der Waals surface area contributed by atoms with Crippen LogP contribution in [0.15, 0.2) is 0 Å². The fourth-order valence-corrected chi connectivity index (χ4v) is 0.241. The number of hydrazine groups is 2. The summed E-state index contributed by atoms with van der Waals surface area (Å²) in [6, 6.07) is 0. The Morgan fingerprint density at radius 2 is 2.14 bits per heavy atom. The predicted molar refractivity (Wildman–Crippen MR) is 29.0 cm³/mol. The highest BCUT2D eigenvalue weighted by atomic mass is 15.6. The molecule has 0 aliphatic heterocycles. The number of hydrogen-bond donors (Lipinski definition) is 3. The molecule has 0 saturated carbocycles. The van der Waals surface area contributed by atoms with Crippen molar-refractivity contribution < 1.29 is 0 Å². The Morgan fingerprint density at radius 3 is 2.29 bits per heavy atom. The SMILES string of the molecule is CNCCN(N)N. The number of rotatable bonds is 3. The van der Waals surface area contributed by atoms with E-state index in [0.717, 1.165) is 11.7 Å². The van der Waals surface area contributed by atoms with Crippen LogP contribution in [0.1, 0.15) is 0 Å². The van der Waals surface area contributed by atoms with Crippen LogP contribution in [0.4, 0.5) is 0 Å². The lowest BCUT2D eigenvalue weighted by Gasteiger charge is -2.06. The molecule has 0 unspecified atom stereocenters. The summed E-state index contributed by atoms with van der Waals surface area (Å²) in [6.45, 7) is 1.50. The zero-order valence-electron chi connectivity index (χ0n) is 4.52. The molecule has 0 bridgehead atoms. The highest BCUT2D eigenvalue weighted by Gasteiger charge is 1.83. The van der Waals surface area contributed by atoms with E-state index < -0.39 is 0 Å². The second-order valence-corrected chi connectivity index (χ2v) is 1.34. The van der Waals surface area contributed by atoms with Gasteiger partial charge in [0.1, 0.15) is 0 Å². The van der Waals surface area contributed by atoms with E-state index in [9.17, 15) is 0 Å². The van der Waals surface area contributed by atoms with Gasteiger partial charge in [0.25, 0.3) is 0 Å². The topological polar surface area (TPSA) is 67.3 Å². The van der Waals surface area contributed by atoms with Crippen LogP contribution in [0.5, 0.6) is 0 Å². The first kappa shape index (κ1) is 6.84. The van der Waals surface area contributed by atoms with Gasteiger partial charge in [-0.25, -0.2) is 0 Å². The summed E-state index contributed by atoms with van der Waals surface area (Å²) >= 11 is 0. The van der Waals surface area contributed by atoms with Gasteiger partial charge in [0, 0.05) is 13.1 Å². The number of nitrogens with one attached hydrogen (secondary N) is 1. The van der Waals surface area contributed by atoms with Crippen molar-refractivity contribution in [3.05, 3.63) is 0 Å². The Labute approximate surface area is 43.4 Å². The summed E-state index contributed by atoms with van der Waals surface area (Å²) < 4.78 is 0. The minimum absolute atomic E-state index is 0.677. The Kier molecular flexibility index (Phi) is 3.92. The Bertz CT molecular complexity index is 35.9. The molecule has 4 heteroatoms. The van der Waals surface area contributed by atoms with Crippen molar-refractivity contribution in [1.29, 1.82) is 0 Å². The quantitative estimate of drug-likeness (QED) is 0.293. The Hall–Kier alpha value is -0.160. The third kappa shape index (κ3) is 5.84. The van der Waals surface area contributed by atoms with Gasteiger partial charge in [0.2, 0.25) is 0 Å². The minimum atomic E-state index is 0.677. The molecule has 0 radical (unpaired) electrons. The number of likely N-dealkylation sites (N-methyl/N-ethyl adjacent to an activating group) is 1. The highest BCUT2D eigenvalue weighted by Crippen LogP contribution is 1.56. The van der Waals surface area contributed by atoms with E-state index in [2.05, 4.69) is 5.32 Å². The van der Waals surface area contributed by atoms with E-state index in [1.54, 1.807) is 0 Å². The number of nitrogens with two attached hydrogens (primary N) is 2. The molecule has 0 aromatic carbocycles. The van der Waals surface area contributed by atoms with Crippen molar-refractivity contribution in [1.82, 2.24) is 10.4 Å². The third-order valence-corrected chi connectivity index (χ3v) is 0.620. The van der Waals surface area contributed by atoms with Gasteiger partial charge in [-0.15, -0.1) is 0 Å². The van der Waals surface area contributed by atoms with Gasteiger partial charge < -0.3 is 5.32 Å². The van der Waals surface area contributed by atoms with Crippen LogP contribution in [0.2, 0.25) is 0 Å². The van der Waals surface area contributed by atoms with Crippen LogP contribution in [-0.2, 0) is 0 Å². The van der Waals surface area contributed by atoms with Crippen molar-refractivity contribution in [3.8, 4) is 0 Å². The van der Waals surface area contributed by atoms with Gasteiger partial charge in [-0.2, -0.15) is 5.12 Å². The summed E-state index contributed by atoms with van der Waals surface area (Å²) in [5.74, 6) is 10.1. The average Bonchev–Trinajstić information content (AvgIpc) is 1.61. The largest absolute Gasteiger partial charge is 0.318 e. The standard InChI is InChI=1S/C3H12N4/c1-6-2-3-7(4)5/h6H,2-5H2,1H3. The second kappa shape index (κ2) is 4.01. The molecule has 0 atom stereocenters. The Balaban J connectivity index is 2.68. The molecule has 0 aromatic rings. The fourth-order valence-electron chi connectivity index (χ4n) is 0.241. The molecule has 0 amide bonds. The van der Waals surface area contributed by atoms with E-state index >= 15 is 0 Å². The summed E-state index contributed by atoms with van der Waals surface area (Å²) in [5, 5.41) is 4.05. The molecule has 0 rings (SSSR count). The maximum atomic E-state index is 5.05. The fraction of sp³-hybridized carbons (Fsp3) is 1.00. The van der Waals surface area contributed by atoms with Gasteiger partial charge in [-0.1, -0.05) is 0 Å². The summed E-state index contributed by atoms with van der Waals surface area (Å²) in [4.78, 5) is 0. The van der Waals surface area contributed by atoms with Crippen molar-refractivity contribution in [2.75, 3.05) is 20.1 Å². The average molecular weight is 104 g/mol. The normalized spacial score (nSPS) is 10.3. The third-order valence-electron chi connectivity index (χ3n) is 0.620. The molecule has 0 heterocycles. The van der Waals surface area contributed by atoms with Crippen molar-refractivity contribution in [2.24, 2.45) is 11.7 Å². The zero-order valence-corrected chi connectivity index (χ0v) is 4.52. The van der Waals surface area contributed by atoms with Crippen LogP contribution in [-0.4, -0.2) is 25.3 Å². The first-order valence-corrected chi connectivity index (χ1v) is 2.19. The first-order chi connectivity index (χ1) is 3.27. The van der Waals surface area contributed by atoms with Gasteiger partial charge in [-0.3, -0.25) is 11.7 Å². The number of hydrogen-bond acceptors (Lipinski definition) is 4. The number of nitrogens with zero attached hydrogens (tertiary/aromatic N) is 1. The zero-order chi connectivity index (χ0) is 5.70. The Morgan fingerprint density at radius 1 is 1.57 bits per heavy atom. The lowest BCUT2D eigenvalue weighted by Crippen LogP contribution is -2.41. The predicted octanol–water partition coefficient (Wildman–Crippen LogP) is -1.74. The highest BCUT2D eigenvalue weighted by molar-refractivity contribution is 4.38. The van der Waals surface area contributed by atoms with Crippen molar-refractivity contribution in [3.63, 3.8) is 0 Å². The molecule has 0 spiro atoms. The molecule has 0 saturated heterocycles. The molecule has 0 fully saturated rings. The lowest BCUT2D eigenvalue weighted by atomic mass is 10.6. The van der Waals surface area contributed by atoms with Crippen molar-refractivity contribution in [2.45, 2.75) is 0 Å². The van der Waals surface area contributed by atoms with Gasteiger partial charge in [0.05, 0.1) is 0 Å². The molecule has 0 aliphatic rings. The summed E-state index contributed by atoms with van der Waals surface area (Å²) in [5.41, 5.74) is 0. The van der Waals surface area contributed by atoms with Crippen LogP contribution < -0.4 is 17.0 Å². The smallest absolute Gasteiger partial charge is 0.0408 e. The van der Waals surface area contributed by atoms with Crippen LogP contribution in [0, 0.1) is 0 Å². The van der Waals surface area contributed by atoms with E-state index in [0.29, 0.717) is 6.54 Å². The molecule has 4 nitrogen and oxygen atoms in total. The van der Waals surface area contributed by atoms with Gasteiger partial charge in [-0.05, 0) is 7.05 Å². The summed E-state index contributed by atoms with van der Waals surface area (Å²) in [6.07, 6.45) is 0. The maximum Gasteiger partial charge on any atom is 0.0408 e. The lowest BCUT2D eigenvalue weighted by molar-refractivity contribution is 0.296. The van der Waals surface area contributed by atoms with E-state index in [1.807, 2.05) is 7.05 Å². The van der Waals surface area contributed by atoms with E-state index in [4.69, 9.17) is 11.7 Å². The van der Waals surface area contributed by atoms with Crippen LogP contribution in [0.25, 0.3) is 0 Å². The summed E-state index contributed by atoms with van der Waals surface area (Å²) in [7, 11) is 1.85. The van der Waals surface area contributed by atoms with Gasteiger partial charge in [0.15, 0.2) is 0 Å². The molecule has 5 N–H and O–H groups in total. The van der Waals surface area contributed by atoms with Crippen LogP contribution >= 0.6 is 0 Å². The van der Waals surface area contributed by atoms with Gasteiger partial charge >= 0.3 is 0 Å². The monoisotopic (exact) mass is 104 g/mol. The molecule has 44 valence electrons.